The summed E-state index contributed by atoms with van der Waals surface area (Å²) in [5, 5.41) is 10.3. The molecule has 0 atom stereocenters. The minimum absolute atomic E-state index is 0.238. The van der Waals surface area contributed by atoms with Crippen LogP contribution in [0.25, 0.3) is 10.6 Å². The van der Waals surface area contributed by atoms with Gasteiger partial charge in [0.05, 0.1) is 9.90 Å². The summed E-state index contributed by atoms with van der Waals surface area (Å²) in [7, 11) is 0. The van der Waals surface area contributed by atoms with Gasteiger partial charge in [0.15, 0.2) is 5.15 Å². The minimum Gasteiger partial charge on any atom is -0.148 e. The fourth-order valence-electron chi connectivity index (χ4n) is 0.899. The van der Waals surface area contributed by atoms with E-state index in [1.807, 2.05) is 17.5 Å². The Labute approximate surface area is 89.1 Å². The standard InChI is InChI=1S/C8H4Cl2N2S/c9-5-4-6(11-12-8(5)10)7-2-1-3-13-7/h1-4H. The van der Waals surface area contributed by atoms with Gasteiger partial charge in [-0.15, -0.1) is 21.5 Å². The second-order valence-corrected chi connectivity index (χ2v) is 4.06. The number of halogens is 2. The van der Waals surface area contributed by atoms with Crippen molar-refractivity contribution in [2.24, 2.45) is 0 Å². The molecule has 2 aromatic heterocycles. The van der Waals surface area contributed by atoms with E-state index in [-0.39, 0.29) is 5.15 Å². The Kier molecular flexibility index (Phi) is 2.49. The molecule has 2 aromatic rings. The smallest absolute Gasteiger partial charge is 0.148 e. The molecule has 0 fully saturated rings. The molecule has 0 aliphatic carbocycles. The Balaban J connectivity index is 2.49. The quantitative estimate of drug-likeness (QED) is 0.750. The molecular weight excluding hydrogens is 227 g/mol. The molecule has 13 heavy (non-hydrogen) atoms. The Hall–Kier alpha value is -0.640. The van der Waals surface area contributed by atoms with Crippen LogP contribution < -0.4 is 0 Å². The van der Waals surface area contributed by atoms with Crippen LogP contribution in [-0.4, -0.2) is 10.2 Å². The lowest BCUT2D eigenvalue weighted by atomic mass is 10.3. The van der Waals surface area contributed by atoms with E-state index >= 15 is 0 Å². The topological polar surface area (TPSA) is 25.8 Å². The third-order valence-corrected chi connectivity index (χ3v) is 3.04. The van der Waals surface area contributed by atoms with Crippen LogP contribution in [0.2, 0.25) is 10.2 Å². The van der Waals surface area contributed by atoms with Gasteiger partial charge in [0, 0.05) is 0 Å². The maximum Gasteiger partial charge on any atom is 0.170 e. The predicted octanol–water partition coefficient (Wildman–Crippen LogP) is 3.51. The van der Waals surface area contributed by atoms with Crippen molar-refractivity contribution in [2.45, 2.75) is 0 Å². The maximum atomic E-state index is 5.80. The maximum absolute atomic E-state index is 5.80. The molecule has 5 heteroatoms. The zero-order valence-corrected chi connectivity index (χ0v) is 8.70. The lowest BCUT2D eigenvalue weighted by molar-refractivity contribution is 1.04. The number of aromatic nitrogens is 2. The van der Waals surface area contributed by atoms with Gasteiger partial charge in [0.1, 0.15) is 5.69 Å². The summed E-state index contributed by atoms with van der Waals surface area (Å²) >= 11 is 13.0. The highest BCUT2D eigenvalue weighted by atomic mass is 35.5. The highest BCUT2D eigenvalue weighted by Crippen LogP contribution is 2.26. The fourth-order valence-corrected chi connectivity index (χ4v) is 1.81. The van der Waals surface area contributed by atoms with E-state index < -0.39 is 0 Å². The monoisotopic (exact) mass is 230 g/mol. The zero-order chi connectivity index (χ0) is 9.26. The van der Waals surface area contributed by atoms with E-state index in [0.29, 0.717) is 5.02 Å². The largest absolute Gasteiger partial charge is 0.170 e. The average Bonchev–Trinajstić information content (AvgIpc) is 2.62. The lowest BCUT2D eigenvalue weighted by Gasteiger charge is -1.96. The Morgan fingerprint density at radius 2 is 2.08 bits per heavy atom. The molecule has 0 saturated heterocycles. The van der Waals surface area contributed by atoms with Gasteiger partial charge in [0.2, 0.25) is 0 Å². The van der Waals surface area contributed by atoms with Crippen LogP contribution in [-0.2, 0) is 0 Å². The average molecular weight is 231 g/mol. The predicted molar refractivity (Wildman–Crippen MR) is 55.4 cm³/mol. The van der Waals surface area contributed by atoms with E-state index in [1.54, 1.807) is 17.4 Å². The summed E-state index contributed by atoms with van der Waals surface area (Å²) in [6.45, 7) is 0. The van der Waals surface area contributed by atoms with E-state index in [0.717, 1.165) is 10.6 Å². The van der Waals surface area contributed by atoms with Crippen LogP contribution in [0, 0.1) is 0 Å². The molecule has 0 amide bonds. The van der Waals surface area contributed by atoms with Gasteiger partial charge in [0.25, 0.3) is 0 Å². The molecule has 0 spiro atoms. The van der Waals surface area contributed by atoms with Crippen molar-refractivity contribution in [2.75, 3.05) is 0 Å². The van der Waals surface area contributed by atoms with Crippen LogP contribution in [0.3, 0.4) is 0 Å². The molecule has 0 bridgehead atoms. The summed E-state index contributed by atoms with van der Waals surface area (Å²) < 4.78 is 0. The van der Waals surface area contributed by atoms with Crippen molar-refractivity contribution in [3.63, 3.8) is 0 Å². The van der Waals surface area contributed by atoms with E-state index in [1.165, 1.54) is 0 Å². The molecule has 2 heterocycles. The van der Waals surface area contributed by atoms with Gasteiger partial charge in [-0.25, -0.2) is 0 Å². The SMILES string of the molecule is Clc1cc(-c2cccs2)nnc1Cl. The molecular formula is C8H4Cl2N2S. The number of hydrogen-bond acceptors (Lipinski definition) is 3. The Morgan fingerprint density at radius 1 is 1.23 bits per heavy atom. The summed E-state index contributed by atoms with van der Waals surface area (Å²) in [4.78, 5) is 1.03. The van der Waals surface area contributed by atoms with Crippen LogP contribution in [0.15, 0.2) is 23.6 Å². The summed E-state index contributed by atoms with van der Waals surface area (Å²) in [5.41, 5.74) is 0.754. The highest BCUT2D eigenvalue weighted by molar-refractivity contribution is 7.13. The molecule has 66 valence electrons. The molecule has 0 unspecified atom stereocenters. The molecule has 0 N–H and O–H groups in total. The molecule has 0 radical (unpaired) electrons. The number of thiophene rings is 1. The molecule has 0 aromatic carbocycles. The molecule has 0 saturated carbocycles. The summed E-state index contributed by atoms with van der Waals surface area (Å²) in [6, 6.07) is 5.62. The second-order valence-electron chi connectivity index (χ2n) is 2.35. The van der Waals surface area contributed by atoms with E-state index in [9.17, 15) is 0 Å². The first-order valence-corrected chi connectivity index (χ1v) is 5.13. The molecule has 2 nitrogen and oxygen atoms in total. The number of rotatable bonds is 1. The van der Waals surface area contributed by atoms with Crippen LogP contribution in [0.1, 0.15) is 0 Å². The second kappa shape index (κ2) is 3.62. The first kappa shape index (κ1) is 8.94. The highest BCUT2D eigenvalue weighted by Gasteiger charge is 2.04. The van der Waals surface area contributed by atoms with Gasteiger partial charge in [-0.3, -0.25) is 0 Å². The lowest BCUT2D eigenvalue weighted by Crippen LogP contribution is -1.86. The van der Waals surface area contributed by atoms with Crippen molar-refractivity contribution in [3.8, 4) is 10.6 Å². The molecule has 0 aliphatic heterocycles. The zero-order valence-electron chi connectivity index (χ0n) is 6.37. The van der Waals surface area contributed by atoms with Crippen LogP contribution in [0.4, 0.5) is 0 Å². The minimum atomic E-state index is 0.238. The fraction of sp³-hybridized carbons (Fsp3) is 0. The summed E-state index contributed by atoms with van der Waals surface area (Å²) in [6.07, 6.45) is 0. The van der Waals surface area contributed by atoms with Gasteiger partial charge < -0.3 is 0 Å². The van der Waals surface area contributed by atoms with Gasteiger partial charge in [-0.1, -0.05) is 29.3 Å². The third-order valence-electron chi connectivity index (χ3n) is 1.48. The van der Waals surface area contributed by atoms with E-state index in [2.05, 4.69) is 10.2 Å². The Morgan fingerprint density at radius 3 is 2.69 bits per heavy atom. The number of hydrogen-bond donors (Lipinski definition) is 0. The summed E-state index contributed by atoms with van der Waals surface area (Å²) in [5.74, 6) is 0. The van der Waals surface area contributed by atoms with Gasteiger partial charge in [-0.05, 0) is 17.5 Å². The van der Waals surface area contributed by atoms with Crippen molar-refractivity contribution < 1.29 is 0 Å². The number of nitrogens with zero attached hydrogens (tertiary/aromatic N) is 2. The molecule has 0 aliphatic rings. The third kappa shape index (κ3) is 1.82. The molecule has 2 rings (SSSR count). The van der Waals surface area contributed by atoms with Crippen molar-refractivity contribution in [3.05, 3.63) is 33.8 Å². The van der Waals surface area contributed by atoms with Crippen molar-refractivity contribution in [1.82, 2.24) is 10.2 Å². The van der Waals surface area contributed by atoms with Crippen LogP contribution >= 0.6 is 34.5 Å². The normalized spacial score (nSPS) is 10.3. The van der Waals surface area contributed by atoms with Gasteiger partial charge in [-0.2, -0.15) is 0 Å². The van der Waals surface area contributed by atoms with Crippen LogP contribution in [0.5, 0.6) is 0 Å². The Bertz CT molecular complexity index is 414. The first-order chi connectivity index (χ1) is 6.27. The van der Waals surface area contributed by atoms with Crippen molar-refractivity contribution >= 4 is 34.5 Å². The van der Waals surface area contributed by atoms with Crippen molar-refractivity contribution in [1.29, 1.82) is 0 Å². The van der Waals surface area contributed by atoms with Gasteiger partial charge >= 0.3 is 0 Å². The van der Waals surface area contributed by atoms with E-state index in [4.69, 9.17) is 23.2 Å². The first-order valence-electron chi connectivity index (χ1n) is 3.50.